The average Bonchev–Trinajstić information content (AvgIpc) is 2.31. The van der Waals surface area contributed by atoms with Crippen molar-refractivity contribution in [2.45, 2.75) is 9.92 Å². The summed E-state index contributed by atoms with van der Waals surface area (Å²) in [6.45, 7) is 0. The molecule has 2 rings (SSSR count). The van der Waals surface area contributed by atoms with Gasteiger partial charge >= 0.3 is 0 Å². The summed E-state index contributed by atoms with van der Waals surface area (Å²) >= 11 is 5.54. The number of halogens is 1. The Bertz CT molecular complexity index is 582. The van der Waals surface area contributed by atoms with Crippen molar-refractivity contribution in [1.82, 2.24) is 9.97 Å². The van der Waals surface area contributed by atoms with Gasteiger partial charge in [-0.1, -0.05) is 29.8 Å². The van der Waals surface area contributed by atoms with Crippen LogP contribution in [0.25, 0.3) is 0 Å². The Morgan fingerprint density at radius 2 is 1.69 bits per heavy atom. The summed E-state index contributed by atoms with van der Waals surface area (Å²) in [5.41, 5.74) is 0. The zero-order valence-electron chi connectivity index (χ0n) is 8.04. The van der Waals surface area contributed by atoms with Gasteiger partial charge in [-0.2, -0.15) is 0 Å². The van der Waals surface area contributed by atoms with Crippen LogP contribution in [-0.2, 0) is 9.84 Å². The Hall–Kier alpha value is -1.46. The SMILES string of the molecule is O=S(=O)(c1ccccc1)c1cnc(Cl)cn1. The summed E-state index contributed by atoms with van der Waals surface area (Å²) in [5, 5.41) is 0.0510. The van der Waals surface area contributed by atoms with Gasteiger partial charge in [0.15, 0.2) is 5.03 Å². The van der Waals surface area contributed by atoms with Gasteiger partial charge in [0.1, 0.15) is 5.15 Å². The zero-order valence-corrected chi connectivity index (χ0v) is 9.61. The summed E-state index contributed by atoms with van der Waals surface area (Å²) in [5.74, 6) is 0. The highest BCUT2D eigenvalue weighted by Gasteiger charge is 2.18. The summed E-state index contributed by atoms with van der Waals surface area (Å²) < 4.78 is 24.0. The highest BCUT2D eigenvalue weighted by atomic mass is 35.5. The van der Waals surface area contributed by atoms with Crippen LogP contribution in [0.15, 0.2) is 52.6 Å². The summed E-state index contributed by atoms with van der Waals surface area (Å²) in [6, 6.07) is 8.05. The molecule has 1 aromatic heterocycles. The molecule has 0 unspecified atom stereocenters. The third-order valence-corrected chi connectivity index (χ3v) is 3.77. The number of rotatable bonds is 2. The standard InChI is InChI=1S/C10H7ClN2O2S/c11-9-6-13-10(7-12-9)16(14,15)8-4-2-1-3-5-8/h1-7H. The molecule has 2 aromatic rings. The molecule has 4 nitrogen and oxygen atoms in total. The van der Waals surface area contributed by atoms with Gasteiger partial charge in [0, 0.05) is 0 Å². The first-order valence-electron chi connectivity index (χ1n) is 4.38. The third-order valence-electron chi connectivity index (χ3n) is 1.93. The Balaban J connectivity index is 2.52. The highest BCUT2D eigenvalue weighted by Crippen LogP contribution is 2.18. The van der Waals surface area contributed by atoms with Crippen LogP contribution in [-0.4, -0.2) is 18.4 Å². The van der Waals surface area contributed by atoms with Crippen molar-refractivity contribution in [1.29, 1.82) is 0 Å². The molecule has 82 valence electrons. The maximum absolute atomic E-state index is 12.0. The molecule has 0 saturated carbocycles. The van der Waals surface area contributed by atoms with Crippen molar-refractivity contribution in [3.63, 3.8) is 0 Å². The van der Waals surface area contributed by atoms with Crippen LogP contribution in [0.3, 0.4) is 0 Å². The normalized spacial score (nSPS) is 11.3. The molecule has 1 heterocycles. The van der Waals surface area contributed by atoms with E-state index in [2.05, 4.69) is 9.97 Å². The van der Waals surface area contributed by atoms with Crippen molar-refractivity contribution < 1.29 is 8.42 Å². The van der Waals surface area contributed by atoms with Gasteiger partial charge in [0.25, 0.3) is 0 Å². The van der Waals surface area contributed by atoms with Crippen LogP contribution < -0.4 is 0 Å². The van der Waals surface area contributed by atoms with Gasteiger partial charge in [-0.3, -0.25) is 0 Å². The largest absolute Gasteiger partial charge is 0.240 e. The lowest BCUT2D eigenvalue weighted by atomic mass is 10.4. The molecule has 0 bridgehead atoms. The van der Waals surface area contributed by atoms with E-state index >= 15 is 0 Å². The van der Waals surface area contributed by atoms with Crippen LogP contribution in [0, 0.1) is 0 Å². The molecule has 0 aliphatic rings. The second kappa shape index (κ2) is 4.19. The van der Waals surface area contributed by atoms with Crippen LogP contribution >= 0.6 is 11.6 Å². The van der Waals surface area contributed by atoms with Crippen LogP contribution in [0.5, 0.6) is 0 Å². The fourth-order valence-electron chi connectivity index (χ4n) is 1.16. The van der Waals surface area contributed by atoms with Crippen molar-refractivity contribution in [2.75, 3.05) is 0 Å². The second-order valence-electron chi connectivity index (χ2n) is 2.99. The maximum atomic E-state index is 12.0. The van der Waals surface area contributed by atoms with Gasteiger partial charge in [-0.25, -0.2) is 18.4 Å². The Labute approximate surface area is 97.9 Å². The lowest BCUT2D eigenvalue weighted by Crippen LogP contribution is -2.04. The molecular formula is C10H7ClN2O2S. The fourth-order valence-corrected chi connectivity index (χ4v) is 2.40. The van der Waals surface area contributed by atoms with Crippen LogP contribution in [0.4, 0.5) is 0 Å². The number of hydrogen-bond donors (Lipinski definition) is 0. The molecule has 6 heteroatoms. The molecule has 16 heavy (non-hydrogen) atoms. The summed E-state index contributed by atoms with van der Waals surface area (Å²) in [7, 11) is -3.59. The van der Waals surface area contributed by atoms with E-state index in [1.807, 2.05) is 0 Å². The van der Waals surface area contributed by atoms with E-state index in [1.165, 1.54) is 18.3 Å². The Morgan fingerprint density at radius 1 is 1.00 bits per heavy atom. The lowest BCUT2D eigenvalue weighted by molar-refractivity contribution is 0.591. The molecule has 0 aliphatic heterocycles. The highest BCUT2D eigenvalue weighted by molar-refractivity contribution is 7.91. The van der Waals surface area contributed by atoms with E-state index in [9.17, 15) is 8.42 Å². The van der Waals surface area contributed by atoms with E-state index < -0.39 is 9.84 Å². The lowest BCUT2D eigenvalue weighted by Gasteiger charge is -2.02. The van der Waals surface area contributed by atoms with Crippen molar-refractivity contribution in [3.05, 3.63) is 47.9 Å². The summed E-state index contributed by atoms with van der Waals surface area (Å²) in [6.07, 6.45) is 2.35. The fraction of sp³-hybridized carbons (Fsp3) is 0. The quantitative estimate of drug-likeness (QED) is 0.822. The van der Waals surface area contributed by atoms with Gasteiger partial charge in [-0.15, -0.1) is 0 Å². The molecule has 0 atom stereocenters. The minimum absolute atomic E-state index is 0.108. The molecule has 0 N–H and O–H groups in total. The van der Waals surface area contributed by atoms with E-state index in [0.29, 0.717) is 0 Å². The Morgan fingerprint density at radius 3 is 2.25 bits per heavy atom. The molecule has 0 spiro atoms. The van der Waals surface area contributed by atoms with Crippen LogP contribution in [0.2, 0.25) is 5.15 Å². The van der Waals surface area contributed by atoms with E-state index in [1.54, 1.807) is 18.2 Å². The molecule has 0 fully saturated rings. The second-order valence-corrected chi connectivity index (χ2v) is 5.28. The van der Waals surface area contributed by atoms with Gasteiger partial charge in [0.2, 0.25) is 9.84 Å². The topological polar surface area (TPSA) is 59.9 Å². The number of benzene rings is 1. The van der Waals surface area contributed by atoms with E-state index in [-0.39, 0.29) is 15.1 Å². The molecule has 0 aliphatic carbocycles. The van der Waals surface area contributed by atoms with Crippen LogP contribution in [0.1, 0.15) is 0 Å². The first kappa shape index (κ1) is 11.0. The van der Waals surface area contributed by atoms with Gasteiger partial charge in [0.05, 0.1) is 17.3 Å². The van der Waals surface area contributed by atoms with Crippen molar-refractivity contribution >= 4 is 21.4 Å². The molecule has 0 amide bonds. The number of nitrogens with zero attached hydrogens (tertiary/aromatic N) is 2. The maximum Gasteiger partial charge on any atom is 0.225 e. The number of aromatic nitrogens is 2. The minimum atomic E-state index is -3.59. The van der Waals surface area contributed by atoms with E-state index in [4.69, 9.17) is 11.6 Å². The third kappa shape index (κ3) is 2.05. The van der Waals surface area contributed by atoms with Crippen molar-refractivity contribution in [2.24, 2.45) is 0 Å². The monoisotopic (exact) mass is 254 g/mol. The molecule has 1 aromatic carbocycles. The zero-order chi connectivity index (χ0) is 11.6. The minimum Gasteiger partial charge on any atom is -0.240 e. The predicted octanol–water partition coefficient (Wildman–Crippen LogP) is 1.96. The molecule has 0 radical (unpaired) electrons. The smallest absolute Gasteiger partial charge is 0.225 e. The van der Waals surface area contributed by atoms with Gasteiger partial charge in [-0.05, 0) is 12.1 Å². The Kier molecular flexibility index (Phi) is 2.89. The first-order chi connectivity index (χ1) is 7.60. The van der Waals surface area contributed by atoms with E-state index in [0.717, 1.165) is 6.20 Å². The first-order valence-corrected chi connectivity index (χ1v) is 6.24. The number of hydrogen-bond acceptors (Lipinski definition) is 4. The molecule has 0 saturated heterocycles. The predicted molar refractivity (Wildman–Crippen MR) is 58.9 cm³/mol. The summed E-state index contributed by atoms with van der Waals surface area (Å²) in [4.78, 5) is 7.63. The number of sulfone groups is 1. The van der Waals surface area contributed by atoms with Crippen molar-refractivity contribution in [3.8, 4) is 0 Å². The van der Waals surface area contributed by atoms with Gasteiger partial charge < -0.3 is 0 Å². The molecular weight excluding hydrogens is 248 g/mol. The average molecular weight is 255 g/mol.